The Morgan fingerprint density at radius 2 is 1.68 bits per heavy atom. The zero-order valence-electron chi connectivity index (χ0n) is 18.1. The minimum Gasteiger partial charge on any atom is -0.480 e. The molecule has 0 saturated carbocycles. The van der Waals surface area contributed by atoms with Crippen LogP contribution in [-0.4, -0.2) is 53.9 Å². The second kappa shape index (κ2) is 13.1. The van der Waals surface area contributed by atoms with E-state index in [-0.39, 0.29) is 13.0 Å². The van der Waals surface area contributed by atoms with E-state index in [0.29, 0.717) is 19.4 Å². The van der Waals surface area contributed by atoms with Crippen LogP contribution in [0.25, 0.3) is 0 Å². The van der Waals surface area contributed by atoms with Gasteiger partial charge in [0.25, 0.3) is 0 Å². The Labute approximate surface area is 181 Å². The molecule has 10 heteroatoms. The standard InChI is InChI=1S/C21H31N3O7/c1-21(2,3)31-20(29)23-13-17(25)24-16(18(26)27)11-7-8-12-22-19(28)30-14-15-9-5-4-6-10-15/h4-6,9-10,16H,7-8,11-14H2,1-3H3,(H,22,28)(H,23,29)(H,24,25)(H,26,27). The molecule has 3 amide bonds. The molecule has 0 bridgehead atoms. The highest BCUT2D eigenvalue weighted by atomic mass is 16.6. The summed E-state index contributed by atoms with van der Waals surface area (Å²) in [6.07, 6.45) is -0.180. The molecule has 1 atom stereocenters. The SMILES string of the molecule is CC(C)(C)OC(=O)NCC(=O)NC(CCCCNC(=O)OCc1ccccc1)C(=O)O. The maximum atomic E-state index is 11.9. The summed E-state index contributed by atoms with van der Waals surface area (Å²) in [6, 6.07) is 8.16. The molecule has 0 aliphatic carbocycles. The Bertz CT molecular complexity index is 732. The van der Waals surface area contributed by atoms with Crippen molar-refractivity contribution in [2.24, 2.45) is 0 Å². The number of hydrogen-bond donors (Lipinski definition) is 4. The number of nitrogens with one attached hydrogen (secondary N) is 3. The van der Waals surface area contributed by atoms with Crippen LogP contribution >= 0.6 is 0 Å². The smallest absolute Gasteiger partial charge is 0.408 e. The van der Waals surface area contributed by atoms with E-state index in [9.17, 15) is 24.3 Å². The number of ether oxygens (including phenoxy) is 2. The lowest BCUT2D eigenvalue weighted by molar-refractivity contribution is -0.141. The fourth-order valence-electron chi connectivity index (χ4n) is 2.41. The van der Waals surface area contributed by atoms with Crippen molar-refractivity contribution in [1.29, 1.82) is 0 Å². The molecule has 4 N–H and O–H groups in total. The number of carboxylic acid groups (broad SMARTS) is 1. The number of aliphatic carboxylic acids is 1. The van der Waals surface area contributed by atoms with E-state index in [1.807, 2.05) is 30.3 Å². The van der Waals surface area contributed by atoms with Crippen molar-refractivity contribution in [3.8, 4) is 0 Å². The van der Waals surface area contributed by atoms with Crippen molar-refractivity contribution in [1.82, 2.24) is 16.0 Å². The molecule has 0 radical (unpaired) electrons. The molecule has 0 spiro atoms. The van der Waals surface area contributed by atoms with Gasteiger partial charge in [0.2, 0.25) is 5.91 Å². The molecular weight excluding hydrogens is 406 g/mol. The van der Waals surface area contributed by atoms with Crippen LogP contribution in [0.2, 0.25) is 0 Å². The molecule has 10 nitrogen and oxygen atoms in total. The molecule has 1 unspecified atom stereocenters. The second-order valence-corrected chi connectivity index (χ2v) is 7.80. The fraction of sp³-hybridized carbons (Fsp3) is 0.524. The summed E-state index contributed by atoms with van der Waals surface area (Å²) in [7, 11) is 0. The van der Waals surface area contributed by atoms with E-state index in [1.165, 1.54) is 0 Å². The Morgan fingerprint density at radius 1 is 1.00 bits per heavy atom. The summed E-state index contributed by atoms with van der Waals surface area (Å²) in [5, 5.41) is 16.5. The van der Waals surface area contributed by atoms with Crippen molar-refractivity contribution < 1.29 is 33.8 Å². The van der Waals surface area contributed by atoms with Crippen LogP contribution in [0.1, 0.15) is 45.6 Å². The maximum Gasteiger partial charge on any atom is 0.408 e. The van der Waals surface area contributed by atoms with Crippen LogP contribution in [0.4, 0.5) is 9.59 Å². The van der Waals surface area contributed by atoms with Gasteiger partial charge in [-0.1, -0.05) is 30.3 Å². The van der Waals surface area contributed by atoms with Gasteiger partial charge in [0.15, 0.2) is 0 Å². The van der Waals surface area contributed by atoms with Crippen LogP contribution < -0.4 is 16.0 Å². The molecule has 0 aliphatic heterocycles. The van der Waals surface area contributed by atoms with Crippen LogP contribution in [-0.2, 0) is 25.7 Å². The monoisotopic (exact) mass is 437 g/mol. The molecule has 0 heterocycles. The number of rotatable bonds is 11. The predicted molar refractivity (Wildman–Crippen MR) is 112 cm³/mol. The normalized spacial score (nSPS) is 11.7. The maximum absolute atomic E-state index is 11.9. The summed E-state index contributed by atoms with van der Waals surface area (Å²) in [5.41, 5.74) is 0.172. The first kappa shape index (κ1) is 25.7. The lowest BCUT2D eigenvalue weighted by Crippen LogP contribution is -2.46. The quantitative estimate of drug-likeness (QED) is 0.389. The summed E-state index contributed by atoms with van der Waals surface area (Å²) in [5.74, 6) is -1.82. The molecular formula is C21H31N3O7. The van der Waals surface area contributed by atoms with Crippen molar-refractivity contribution in [2.45, 2.75) is 58.3 Å². The first-order chi connectivity index (χ1) is 14.6. The Morgan fingerprint density at radius 3 is 2.29 bits per heavy atom. The van der Waals surface area contributed by atoms with E-state index in [0.717, 1.165) is 5.56 Å². The van der Waals surface area contributed by atoms with Gasteiger partial charge in [0.1, 0.15) is 24.8 Å². The number of carboxylic acids is 1. The number of unbranched alkanes of at least 4 members (excludes halogenated alkanes) is 1. The minimum atomic E-state index is -1.18. The van der Waals surface area contributed by atoms with Gasteiger partial charge in [-0.2, -0.15) is 0 Å². The average Bonchev–Trinajstić information content (AvgIpc) is 2.69. The number of carbonyl (C=O) groups excluding carboxylic acids is 3. The number of carbonyl (C=O) groups is 4. The lowest BCUT2D eigenvalue weighted by Gasteiger charge is -2.20. The van der Waals surface area contributed by atoms with Crippen molar-refractivity contribution in [3.63, 3.8) is 0 Å². The average molecular weight is 437 g/mol. The molecule has 0 aliphatic rings. The largest absolute Gasteiger partial charge is 0.480 e. The van der Waals surface area contributed by atoms with Gasteiger partial charge in [-0.15, -0.1) is 0 Å². The zero-order valence-corrected chi connectivity index (χ0v) is 18.1. The predicted octanol–water partition coefficient (Wildman–Crippen LogP) is 2.18. The Balaban J connectivity index is 2.22. The van der Waals surface area contributed by atoms with E-state index in [2.05, 4.69) is 16.0 Å². The fourth-order valence-corrected chi connectivity index (χ4v) is 2.41. The van der Waals surface area contributed by atoms with Gasteiger partial charge >= 0.3 is 18.2 Å². The highest BCUT2D eigenvalue weighted by molar-refractivity contribution is 5.86. The van der Waals surface area contributed by atoms with E-state index >= 15 is 0 Å². The molecule has 0 aromatic heterocycles. The number of amides is 3. The van der Waals surface area contributed by atoms with Crippen LogP contribution in [0.3, 0.4) is 0 Å². The van der Waals surface area contributed by atoms with Crippen molar-refractivity contribution in [3.05, 3.63) is 35.9 Å². The van der Waals surface area contributed by atoms with Crippen LogP contribution in [0.15, 0.2) is 30.3 Å². The third-order valence-electron chi connectivity index (χ3n) is 3.83. The van der Waals surface area contributed by atoms with Crippen LogP contribution in [0.5, 0.6) is 0 Å². The lowest BCUT2D eigenvalue weighted by atomic mass is 10.1. The van der Waals surface area contributed by atoms with Gasteiger partial charge in [-0.3, -0.25) is 4.79 Å². The van der Waals surface area contributed by atoms with Gasteiger partial charge in [0, 0.05) is 6.54 Å². The third kappa shape index (κ3) is 12.8. The molecule has 172 valence electrons. The molecule has 1 aromatic rings. The first-order valence-corrected chi connectivity index (χ1v) is 10.0. The summed E-state index contributed by atoms with van der Waals surface area (Å²) < 4.78 is 10.1. The number of benzene rings is 1. The third-order valence-corrected chi connectivity index (χ3v) is 3.83. The van der Waals surface area contributed by atoms with Gasteiger partial charge < -0.3 is 30.5 Å². The highest BCUT2D eigenvalue weighted by Crippen LogP contribution is 2.06. The molecule has 1 rings (SSSR count). The van der Waals surface area contributed by atoms with Gasteiger partial charge in [-0.05, 0) is 45.6 Å². The Kier molecular flexibility index (Phi) is 10.9. The minimum absolute atomic E-state index is 0.164. The van der Waals surface area contributed by atoms with E-state index in [4.69, 9.17) is 9.47 Å². The molecule has 31 heavy (non-hydrogen) atoms. The first-order valence-electron chi connectivity index (χ1n) is 10.0. The number of alkyl carbamates (subject to hydrolysis) is 2. The molecule has 0 saturated heterocycles. The topological polar surface area (TPSA) is 143 Å². The van der Waals surface area contributed by atoms with Crippen molar-refractivity contribution >= 4 is 24.1 Å². The van der Waals surface area contributed by atoms with Crippen LogP contribution in [0, 0.1) is 0 Å². The second-order valence-electron chi connectivity index (χ2n) is 7.80. The highest BCUT2D eigenvalue weighted by Gasteiger charge is 2.21. The Hall–Kier alpha value is -3.30. The van der Waals surface area contributed by atoms with E-state index in [1.54, 1.807) is 20.8 Å². The van der Waals surface area contributed by atoms with E-state index < -0.39 is 42.3 Å². The number of hydrogen-bond acceptors (Lipinski definition) is 6. The van der Waals surface area contributed by atoms with Crippen molar-refractivity contribution in [2.75, 3.05) is 13.1 Å². The molecule has 0 fully saturated rings. The summed E-state index contributed by atoms with van der Waals surface area (Å²) >= 11 is 0. The van der Waals surface area contributed by atoms with Gasteiger partial charge in [-0.25, -0.2) is 14.4 Å². The molecule has 1 aromatic carbocycles. The summed E-state index contributed by atoms with van der Waals surface area (Å²) in [6.45, 7) is 5.14. The zero-order chi connectivity index (χ0) is 23.3. The van der Waals surface area contributed by atoms with Gasteiger partial charge in [0.05, 0.1) is 0 Å². The summed E-state index contributed by atoms with van der Waals surface area (Å²) in [4.78, 5) is 46.4.